The third kappa shape index (κ3) is 4.00. The second kappa shape index (κ2) is 7.12. The van der Waals surface area contributed by atoms with Crippen LogP contribution in [-0.2, 0) is 17.9 Å². The number of aromatic nitrogens is 3. The van der Waals surface area contributed by atoms with Gasteiger partial charge in [0.25, 0.3) is 11.4 Å². The Morgan fingerprint density at radius 2 is 1.92 bits per heavy atom. The molecule has 0 aliphatic rings. The van der Waals surface area contributed by atoms with Crippen molar-refractivity contribution in [1.82, 2.24) is 20.0 Å². The van der Waals surface area contributed by atoms with Crippen LogP contribution in [0.4, 0.5) is 0 Å². The molecule has 25 heavy (non-hydrogen) atoms. The number of carbonyl (C=O) groups excluding carboxylic acids is 1. The van der Waals surface area contributed by atoms with E-state index in [1.165, 1.54) is 10.6 Å². The predicted octanol–water partition coefficient (Wildman–Crippen LogP) is 1.83. The Bertz CT molecular complexity index is 941. The highest BCUT2D eigenvalue weighted by Gasteiger charge is 2.14. The second-order valence-corrected chi connectivity index (χ2v) is 5.74. The summed E-state index contributed by atoms with van der Waals surface area (Å²) < 4.78 is 6.43. The van der Waals surface area contributed by atoms with E-state index in [2.05, 4.69) is 15.5 Å². The van der Waals surface area contributed by atoms with Gasteiger partial charge in [-0.2, -0.15) is 4.98 Å². The molecule has 0 spiro atoms. The summed E-state index contributed by atoms with van der Waals surface area (Å²) in [6.45, 7) is 3.97. The van der Waals surface area contributed by atoms with E-state index in [4.69, 9.17) is 4.52 Å². The number of carbonyl (C=O) groups is 1. The van der Waals surface area contributed by atoms with Crippen molar-refractivity contribution in [3.63, 3.8) is 0 Å². The number of hydrogen-bond donors (Lipinski definition) is 1. The third-order valence-corrected chi connectivity index (χ3v) is 3.71. The van der Waals surface area contributed by atoms with E-state index in [1.807, 2.05) is 31.2 Å². The van der Waals surface area contributed by atoms with Crippen LogP contribution in [0.15, 0.2) is 51.8 Å². The lowest BCUT2D eigenvalue weighted by molar-refractivity contribution is -0.121. The average Bonchev–Trinajstić information content (AvgIpc) is 3.02. The SMILES string of the molecule is Cc1ccc(CNC(=O)Cn2c(-c3nc(C)no3)cccc2=O)cc1. The van der Waals surface area contributed by atoms with Crippen molar-refractivity contribution in [3.05, 3.63) is 69.8 Å². The number of nitrogens with one attached hydrogen (secondary N) is 1. The normalized spacial score (nSPS) is 10.6. The molecule has 0 fully saturated rings. The molecule has 1 aromatic carbocycles. The topological polar surface area (TPSA) is 90.0 Å². The van der Waals surface area contributed by atoms with E-state index in [0.717, 1.165) is 11.1 Å². The minimum atomic E-state index is -0.307. The fraction of sp³-hybridized carbons (Fsp3) is 0.222. The number of benzene rings is 1. The van der Waals surface area contributed by atoms with Crippen molar-refractivity contribution in [2.24, 2.45) is 0 Å². The van der Waals surface area contributed by atoms with Gasteiger partial charge >= 0.3 is 0 Å². The summed E-state index contributed by atoms with van der Waals surface area (Å²) in [5.74, 6) is 0.398. The first-order valence-corrected chi connectivity index (χ1v) is 7.86. The van der Waals surface area contributed by atoms with Crippen molar-refractivity contribution in [2.45, 2.75) is 26.9 Å². The molecule has 0 saturated heterocycles. The lowest BCUT2D eigenvalue weighted by Gasteiger charge is -2.10. The first-order valence-electron chi connectivity index (χ1n) is 7.86. The third-order valence-electron chi connectivity index (χ3n) is 3.71. The van der Waals surface area contributed by atoms with E-state index in [0.29, 0.717) is 18.1 Å². The number of pyridine rings is 1. The maximum absolute atomic E-state index is 12.3. The van der Waals surface area contributed by atoms with Crippen LogP contribution in [0, 0.1) is 13.8 Å². The molecule has 0 atom stereocenters. The standard InChI is InChI=1S/C18H18N4O3/c1-12-6-8-14(9-7-12)10-19-16(23)11-22-15(4-3-5-17(22)24)18-20-13(2)21-25-18/h3-9H,10-11H2,1-2H3,(H,19,23). The largest absolute Gasteiger partial charge is 0.350 e. The summed E-state index contributed by atoms with van der Waals surface area (Å²) in [6, 6.07) is 12.5. The van der Waals surface area contributed by atoms with Gasteiger partial charge in [-0.15, -0.1) is 0 Å². The summed E-state index contributed by atoms with van der Waals surface area (Å²) in [4.78, 5) is 28.5. The van der Waals surface area contributed by atoms with Crippen molar-refractivity contribution < 1.29 is 9.32 Å². The maximum atomic E-state index is 12.3. The van der Waals surface area contributed by atoms with E-state index in [1.54, 1.807) is 19.1 Å². The van der Waals surface area contributed by atoms with Crippen LogP contribution in [0.25, 0.3) is 11.6 Å². The molecule has 2 heterocycles. The highest BCUT2D eigenvalue weighted by atomic mass is 16.5. The smallest absolute Gasteiger partial charge is 0.274 e. The van der Waals surface area contributed by atoms with Gasteiger partial charge in [0.2, 0.25) is 5.91 Å². The molecule has 0 aliphatic heterocycles. The van der Waals surface area contributed by atoms with Crippen LogP contribution < -0.4 is 10.9 Å². The molecule has 1 N–H and O–H groups in total. The maximum Gasteiger partial charge on any atom is 0.274 e. The van der Waals surface area contributed by atoms with Crippen LogP contribution in [0.1, 0.15) is 17.0 Å². The predicted molar refractivity (Wildman–Crippen MR) is 91.8 cm³/mol. The van der Waals surface area contributed by atoms with Gasteiger partial charge in [0.1, 0.15) is 12.2 Å². The molecular formula is C18H18N4O3. The molecule has 0 saturated carbocycles. The van der Waals surface area contributed by atoms with Gasteiger partial charge in [0, 0.05) is 12.6 Å². The lowest BCUT2D eigenvalue weighted by Crippen LogP contribution is -2.32. The Morgan fingerprint density at radius 1 is 1.16 bits per heavy atom. The second-order valence-electron chi connectivity index (χ2n) is 5.74. The zero-order valence-corrected chi connectivity index (χ0v) is 14.0. The molecule has 7 heteroatoms. The average molecular weight is 338 g/mol. The van der Waals surface area contributed by atoms with Crippen molar-refractivity contribution in [3.8, 4) is 11.6 Å². The number of hydrogen-bond acceptors (Lipinski definition) is 5. The van der Waals surface area contributed by atoms with Gasteiger partial charge < -0.3 is 9.84 Å². The number of aryl methyl sites for hydroxylation is 2. The zero-order chi connectivity index (χ0) is 17.8. The molecular weight excluding hydrogens is 320 g/mol. The van der Waals surface area contributed by atoms with E-state index < -0.39 is 0 Å². The Balaban J connectivity index is 1.75. The van der Waals surface area contributed by atoms with Crippen molar-refractivity contribution >= 4 is 5.91 Å². The van der Waals surface area contributed by atoms with Crippen molar-refractivity contribution in [2.75, 3.05) is 0 Å². The molecule has 2 aromatic heterocycles. The summed E-state index contributed by atoms with van der Waals surface area (Å²) in [7, 11) is 0. The van der Waals surface area contributed by atoms with Gasteiger partial charge in [-0.05, 0) is 25.5 Å². The molecule has 7 nitrogen and oxygen atoms in total. The summed E-state index contributed by atoms with van der Waals surface area (Å²) in [6.07, 6.45) is 0. The van der Waals surface area contributed by atoms with Crippen LogP contribution in [0.3, 0.4) is 0 Å². The molecule has 128 valence electrons. The van der Waals surface area contributed by atoms with Crippen molar-refractivity contribution in [1.29, 1.82) is 0 Å². The number of rotatable bonds is 5. The molecule has 3 rings (SSSR count). The first-order chi connectivity index (χ1) is 12.0. The van der Waals surface area contributed by atoms with Crippen LogP contribution in [-0.4, -0.2) is 20.6 Å². The monoisotopic (exact) mass is 338 g/mol. The minimum Gasteiger partial charge on any atom is -0.350 e. The van der Waals surface area contributed by atoms with E-state index in [9.17, 15) is 9.59 Å². The molecule has 3 aromatic rings. The van der Waals surface area contributed by atoms with Crippen LogP contribution in [0.2, 0.25) is 0 Å². The zero-order valence-electron chi connectivity index (χ0n) is 14.0. The Morgan fingerprint density at radius 3 is 2.60 bits per heavy atom. The molecule has 0 aliphatic carbocycles. The van der Waals surface area contributed by atoms with Gasteiger partial charge in [0.15, 0.2) is 5.82 Å². The molecule has 0 bridgehead atoms. The van der Waals surface area contributed by atoms with E-state index in [-0.39, 0.29) is 23.9 Å². The van der Waals surface area contributed by atoms with Crippen LogP contribution in [0.5, 0.6) is 0 Å². The Hall–Kier alpha value is -3.22. The van der Waals surface area contributed by atoms with Gasteiger partial charge in [-0.25, -0.2) is 0 Å². The molecule has 0 unspecified atom stereocenters. The fourth-order valence-corrected chi connectivity index (χ4v) is 2.38. The minimum absolute atomic E-state index is 0.123. The molecule has 0 radical (unpaired) electrons. The summed E-state index contributed by atoms with van der Waals surface area (Å²) >= 11 is 0. The summed E-state index contributed by atoms with van der Waals surface area (Å²) in [5, 5.41) is 6.54. The van der Waals surface area contributed by atoms with Gasteiger partial charge in [-0.1, -0.05) is 41.1 Å². The lowest BCUT2D eigenvalue weighted by atomic mass is 10.1. The number of amides is 1. The number of nitrogens with zero attached hydrogens (tertiary/aromatic N) is 3. The first kappa shape index (κ1) is 16.6. The Kier molecular flexibility index (Phi) is 4.74. The Labute approximate surface area is 144 Å². The highest BCUT2D eigenvalue weighted by molar-refractivity contribution is 5.76. The van der Waals surface area contributed by atoms with Crippen LogP contribution >= 0.6 is 0 Å². The quantitative estimate of drug-likeness (QED) is 0.766. The summed E-state index contributed by atoms with van der Waals surface area (Å²) in [5.41, 5.74) is 2.26. The van der Waals surface area contributed by atoms with E-state index >= 15 is 0 Å². The fourth-order valence-electron chi connectivity index (χ4n) is 2.38. The highest BCUT2D eigenvalue weighted by Crippen LogP contribution is 2.15. The van der Waals surface area contributed by atoms with Gasteiger partial charge in [0.05, 0.1) is 0 Å². The molecule has 1 amide bonds. The van der Waals surface area contributed by atoms with Gasteiger partial charge in [-0.3, -0.25) is 14.2 Å².